The van der Waals surface area contributed by atoms with Crippen LogP contribution in [0.25, 0.3) is 11.4 Å². The van der Waals surface area contributed by atoms with Gasteiger partial charge in [0.15, 0.2) is 0 Å². The standard InChI is InChI=1S/C18H17N3O2S/c22-16(12-14-8-5-11-24-14)21-10-4-9-15(21)18-19-17(20-23-18)13-6-2-1-3-7-13/h1-3,5-8,11,15H,4,9-10,12H2. The first-order valence-corrected chi connectivity index (χ1v) is 8.90. The van der Waals surface area contributed by atoms with Crippen LogP contribution in [0.1, 0.15) is 29.7 Å². The molecule has 0 aliphatic carbocycles. The summed E-state index contributed by atoms with van der Waals surface area (Å²) in [7, 11) is 0. The number of benzene rings is 1. The lowest BCUT2D eigenvalue weighted by molar-refractivity contribution is -0.131. The Balaban J connectivity index is 1.53. The molecule has 1 atom stereocenters. The predicted octanol–water partition coefficient (Wildman–Crippen LogP) is 3.70. The smallest absolute Gasteiger partial charge is 0.249 e. The molecule has 0 spiro atoms. The fourth-order valence-corrected chi connectivity index (χ4v) is 3.76. The van der Waals surface area contributed by atoms with Crippen molar-refractivity contribution in [2.24, 2.45) is 0 Å². The van der Waals surface area contributed by atoms with Crippen LogP contribution in [-0.2, 0) is 11.2 Å². The van der Waals surface area contributed by atoms with Gasteiger partial charge in [-0.15, -0.1) is 11.3 Å². The van der Waals surface area contributed by atoms with E-state index in [1.807, 2.05) is 52.7 Å². The van der Waals surface area contributed by atoms with Crippen LogP contribution < -0.4 is 0 Å². The highest BCUT2D eigenvalue weighted by Crippen LogP contribution is 2.32. The average Bonchev–Trinajstić information content (AvgIpc) is 3.36. The molecule has 1 aliphatic heterocycles. The normalized spacial score (nSPS) is 17.3. The number of hydrogen-bond donors (Lipinski definition) is 0. The Hall–Kier alpha value is -2.47. The van der Waals surface area contributed by atoms with Crippen LogP contribution in [-0.4, -0.2) is 27.5 Å². The molecule has 122 valence electrons. The molecule has 5 nitrogen and oxygen atoms in total. The number of aromatic nitrogens is 2. The van der Waals surface area contributed by atoms with Crippen molar-refractivity contribution >= 4 is 17.2 Å². The van der Waals surface area contributed by atoms with Crippen LogP contribution in [0.2, 0.25) is 0 Å². The summed E-state index contributed by atoms with van der Waals surface area (Å²) in [5.41, 5.74) is 0.918. The molecule has 1 aliphatic rings. The Morgan fingerprint density at radius 1 is 1.25 bits per heavy atom. The lowest BCUT2D eigenvalue weighted by Gasteiger charge is -2.21. The van der Waals surface area contributed by atoms with Gasteiger partial charge in [0.25, 0.3) is 0 Å². The average molecular weight is 339 g/mol. The molecule has 4 rings (SSSR count). The third-order valence-corrected chi connectivity index (χ3v) is 5.11. The van der Waals surface area contributed by atoms with Gasteiger partial charge in [0.05, 0.1) is 6.42 Å². The molecule has 24 heavy (non-hydrogen) atoms. The number of amides is 1. The van der Waals surface area contributed by atoms with Gasteiger partial charge in [0.1, 0.15) is 6.04 Å². The first kappa shape index (κ1) is 15.1. The van der Waals surface area contributed by atoms with E-state index in [0.29, 0.717) is 18.1 Å². The second kappa shape index (κ2) is 6.57. The third kappa shape index (κ3) is 2.97. The topological polar surface area (TPSA) is 59.2 Å². The molecule has 3 aromatic rings. The summed E-state index contributed by atoms with van der Waals surface area (Å²) >= 11 is 1.61. The number of rotatable bonds is 4. The number of nitrogens with zero attached hydrogens (tertiary/aromatic N) is 3. The summed E-state index contributed by atoms with van der Waals surface area (Å²) in [6.45, 7) is 0.748. The minimum absolute atomic E-state index is 0.109. The summed E-state index contributed by atoms with van der Waals surface area (Å²) in [5.74, 6) is 1.23. The molecule has 6 heteroatoms. The Kier molecular flexibility index (Phi) is 4.13. The van der Waals surface area contributed by atoms with Crippen molar-refractivity contribution in [3.63, 3.8) is 0 Å². The molecule has 1 saturated heterocycles. The van der Waals surface area contributed by atoms with Crippen LogP contribution in [0.5, 0.6) is 0 Å². The van der Waals surface area contributed by atoms with E-state index >= 15 is 0 Å². The second-order valence-corrected chi connectivity index (χ2v) is 6.86. The number of thiophene rings is 1. The van der Waals surface area contributed by atoms with Gasteiger partial charge >= 0.3 is 0 Å². The van der Waals surface area contributed by atoms with E-state index in [9.17, 15) is 4.79 Å². The van der Waals surface area contributed by atoms with Crippen LogP contribution in [0.4, 0.5) is 0 Å². The Bertz CT molecular complexity index is 814. The molecular formula is C18H17N3O2S. The first-order valence-electron chi connectivity index (χ1n) is 8.02. The predicted molar refractivity (Wildman–Crippen MR) is 91.4 cm³/mol. The van der Waals surface area contributed by atoms with Gasteiger partial charge in [-0.25, -0.2) is 0 Å². The van der Waals surface area contributed by atoms with E-state index in [4.69, 9.17) is 4.52 Å². The Labute approximate surface area is 143 Å². The fraction of sp³-hybridized carbons (Fsp3) is 0.278. The fourth-order valence-electron chi connectivity index (χ4n) is 3.06. The lowest BCUT2D eigenvalue weighted by Crippen LogP contribution is -2.31. The Morgan fingerprint density at radius 3 is 2.92 bits per heavy atom. The van der Waals surface area contributed by atoms with Crippen molar-refractivity contribution in [2.45, 2.75) is 25.3 Å². The van der Waals surface area contributed by atoms with Crippen molar-refractivity contribution in [2.75, 3.05) is 6.54 Å². The zero-order valence-electron chi connectivity index (χ0n) is 13.1. The summed E-state index contributed by atoms with van der Waals surface area (Å²) < 4.78 is 5.47. The molecule has 1 fully saturated rings. The number of carbonyl (C=O) groups is 1. The maximum absolute atomic E-state index is 12.6. The number of carbonyl (C=O) groups excluding carboxylic acids is 1. The van der Waals surface area contributed by atoms with Gasteiger partial charge in [-0.3, -0.25) is 4.79 Å². The molecule has 0 bridgehead atoms. The molecule has 0 saturated carbocycles. The zero-order chi connectivity index (χ0) is 16.4. The molecule has 1 aromatic carbocycles. The van der Waals surface area contributed by atoms with Gasteiger partial charge < -0.3 is 9.42 Å². The highest BCUT2D eigenvalue weighted by molar-refractivity contribution is 7.10. The van der Waals surface area contributed by atoms with E-state index in [1.165, 1.54) is 0 Å². The number of likely N-dealkylation sites (tertiary alicyclic amines) is 1. The minimum atomic E-state index is -0.109. The van der Waals surface area contributed by atoms with Crippen LogP contribution in [0, 0.1) is 0 Å². The summed E-state index contributed by atoms with van der Waals surface area (Å²) in [6, 6.07) is 13.6. The highest BCUT2D eigenvalue weighted by atomic mass is 32.1. The second-order valence-electron chi connectivity index (χ2n) is 5.82. The van der Waals surface area contributed by atoms with Crippen molar-refractivity contribution < 1.29 is 9.32 Å². The van der Waals surface area contributed by atoms with Crippen molar-refractivity contribution in [3.8, 4) is 11.4 Å². The monoisotopic (exact) mass is 339 g/mol. The quantitative estimate of drug-likeness (QED) is 0.727. The molecule has 0 radical (unpaired) electrons. The molecule has 1 unspecified atom stereocenters. The molecule has 2 aromatic heterocycles. The largest absolute Gasteiger partial charge is 0.337 e. The van der Waals surface area contributed by atoms with E-state index in [0.717, 1.165) is 29.8 Å². The maximum atomic E-state index is 12.6. The maximum Gasteiger partial charge on any atom is 0.249 e. The van der Waals surface area contributed by atoms with Crippen LogP contribution in [0.15, 0.2) is 52.4 Å². The van der Waals surface area contributed by atoms with E-state index < -0.39 is 0 Å². The zero-order valence-corrected chi connectivity index (χ0v) is 13.9. The molecule has 1 amide bonds. The summed E-state index contributed by atoms with van der Waals surface area (Å²) in [5, 5.41) is 6.07. The van der Waals surface area contributed by atoms with Gasteiger partial charge in [-0.1, -0.05) is 41.6 Å². The van der Waals surface area contributed by atoms with E-state index in [2.05, 4.69) is 10.1 Å². The van der Waals surface area contributed by atoms with E-state index in [-0.39, 0.29) is 11.9 Å². The molecule has 3 heterocycles. The van der Waals surface area contributed by atoms with Crippen molar-refractivity contribution in [1.29, 1.82) is 0 Å². The van der Waals surface area contributed by atoms with Crippen LogP contribution >= 0.6 is 11.3 Å². The number of hydrogen-bond acceptors (Lipinski definition) is 5. The molecular weight excluding hydrogens is 322 g/mol. The summed E-state index contributed by atoms with van der Waals surface area (Å²) in [6.07, 6.45) is 2.27. The van der Waals surface area contributed by atoms with E-state index in [1.54, 1.807) is 11.3 Å². The van der Waals surface area contributed by atoms with Crippen molar-refractivity contribution in [1.82, 2.24) is 15.0 Å². The SMILES string of the molecule is O=C(Cc1cccs1)N1CCCC1c1nc(-c2ccccc2)no1. The van der Waals surface area contributed by atoms with Crippen molar-refractivity contribution in [3.05, 3.63) is 58.6 Å². The minimum Gasteiger partial charge on any atom is -0.337 e. The third-order valence-electron chi connectivity index (χ3n) is 4.24. The first-order chi connectivity index (χ1) is 11.8. The lowest BCUT2D eigenvalue weighted by atomic mass is 10.2. The van der Waals surface area contributed by atoms with Gasteiger partial charge in [0, 0.05) is 17.0 Å². The summed E-state index contributed by atoms with van der Waals surface area (Å²) in [4.78, 5) is 20.1. The van der Waals surface area contributed by atoms with Gasteiger partial charge in [0.2, 0.25) is 17.6 Å². The van der Waals surface area contributed by atoms with Crippen LogP contribution in [0.3, 0.4) is 0 Å². The van der Waals surface area contributed by atoms with Gasteiger partial charge in [-0.2, -0.15) is 4.98 Å². The van der Waals surface area contributed by atoms with Gasteiger partial charge in [-0.05, 0) is 24.3 Å². The molecule has 0 N–H and O–H groups in total. The Morgan fingerprint density at radius 2 is 2.12 bits per heavy atom. The highest BCUT2D eigenvalue weighted by Gasteiger charge is 2.34.